The molecule has 0 radical (unpaired) electrons. The molecule has 1 atom stereocenters. The van der Waals surface area contributed by atoms with Gasteiger partial charge in [-0.05, 0) is 24.5 Å². The number of hydrogen-bond acceptors (Lipinski definition) is 6. The summed E-state index contributed by atoms with van der Waals surface area (Å²) in [7, 11) is 0. The molecular weight excluding hydrogens is 278 g/mol. The van der Waals surface area contributed by atoms with E-state index in [-0.39, 0.29) is 11.7 Å². The lowest BCUT2D eigenvalue weighted by Crippen LogP contribution is -2.24. The molecular formula is C12H11N5O2S. The second kappa shape index (κ2) is 4.97. The Morgan fingerprint density at radius 2 is 2.35 bits per heavy atom. The number of nitrogens with zero attached hydrogens (tertiary/aromatic N) is 4. The maximum atomic E-state index is 11.2. The van der Waals surface area contributed by atoms with Crippen LogP contribution >= 0.6 is 11.8 Å². The number of aliphatic carboxylic acids is 1. The van der Waals surface area contributed by atoms with E-state index >= 15 is 0 Å². The number of allylic oxidation sites excluding steroid dienone is 1. The smallest absolute Gasteiger partial charge is 0.352 e. The number of carboxylic acid groups (broad SMARTS) is 1. The molecule has 20 heavy (non-hydrogen) atoms. The van der Waals surface area contributed by atoms with Gasteiger partial charge in [0.05, 0.1) is 5.69 Å². The molecule has 0 saturated heterocycles. The zero-order valence-corrected chi connectivity index (χ0v) is 11.3. The van der Waals surface area contributed by atoms with E-state index < -0.39 is 5.97 Å². The molecule has 0 bridgehead atoms. The van der Waals surface area contributed by atoms with E-state index in [1.54, 1.807) is 17.0 Å². The van der Waals surface area contributed by atoms with Crippen LogP contribution in [-0.2, 0) is 4.79 Å². The minimum Gasteiger partial charge on any atom is -0.477 e. The molecule has 3 rings (SSSR count). The molecule has 0 spiro atoms. The number of carboxylic acids is 1. The summed E-state index contributed by atoms with van der Waals surface area (Å²) in [5.74, 6) is -0.629. The van der Waals surface area contributed by atoms with E-state index in [0.29, 0.717) is 16.8 Å². The van der Waals surface area contributed by atoms with Gasteiger partial charge in [-0.2, -0.15) is 4.98 Å². The monoisotopic (exact) mass is 289 g/mol. The van der Waals surface area contributed by atoms with Crippen LogP contribution in [0.3, 0.4) is 0 Å². The quantitative estimate of drug-likeness (QED) is 0.824. The number of thioether (sulfide) groups is 1. The largest absolute Gasteiger partial charge is 0.477 e. The SMILES string of the molecule is CSc1nc2n(n1)C(c1ccccn1)C=C(C(=O)O)N2. The Morgan fingerprint density at radius 1 is 1.50 bits per heavy atom. The molecule has 102 valence electrons. The Labute approximate surface area is 118 Å². The number of rotatable bonds is 3. The zero-order valence-electron chi connectivity index (χ0n) is 10.5. The van der Waals surface area contributed by atoms with Crippen molar-refractivity contribution in [3.63, 3.8) is 0 Å². The van der Waals surface area contributed by atoms with Gasteiger partial charge in [0.25, 0.3) is 0 Å². The van der Waals surface area contributed by atoms with Gasteiger partial charge in [0.2, 0.25) is 11.1 Å². The highest BCUT2D eigenvalue weighted by atomic mass is 32.2. The Kier molecular flexibility index (Phi) is 3.15. The molecule has 0 aliphatic carbocycles. The van der Waals surface area contributed by atoms with E-state index in [9.17, 15) is 9.90 Å². The van der Waals surface area contributed by atoms with Crippen molar-refractivity contribution in [1.82, 2.24) is 19.7 Å². The Bertz CT molecular complexity index is 682. The number of anilines is 1. The van der Waals surface area contributed by atoms with Crippen molar-refractivity contribution in [1.29, 1.82) is 0 Å². The molecule has 7 nitrogen and oxygen atoms in total. The van der Waals surface area contributed by atoms with Crippen LogP contribution in [0.4, 0.5) is 5.95 Å². The minimum atomic E-state index is -1.04. The highest BCUT2D eigenvalue weighted by Gasteiger charge is 2.27. The summed E-state index contributed by atoms with van der Waals surface area (Å²) >= 11 is 1.40. The van der Waals surface area contributed by atoms with Gasteiger partial charge in [-0.1, -0.05) is 17.8 Å². The maximum Gasteiger partial charge on any atom is 0.352 e. The van der Waals surface area contributed by atoms with E-state index in [0.717, 1.165) is 0 Å². The second-order valence-corrected chi connectivity index (χ2v) is 4.85. The molecule has 2 aromatic heterocycles. The number of hydrogen-bond donors (Lipinski definition) is 2. The van der Waals surface area contributed by atoms with Gasteiger partial charge in [0, 0.05) is 6.20 Å². The van der Waals surface area contributed by atoms with Crippen LogP contribution in [0.1, 0.15) is 11.7 Å². The molecule has 2 N–H and O–H groups in total. The summed E-state index contributed by atoms with van der Waals surface area (Å²) in [5, 5.41) is 16.9. The van der Waals surface area contributed by atoms with Crippen LogP contribution < -0.4 is 5.32 Å². The van der Waals surface area contributed by atoms with Crippen LogP contribution in [0.5, 0.6) is 0 Å². The molecule has 3 heterocycles. The lowest BCUT2D eigenvalue weighted by molar-refractivity contribution is -0.132. The summed E-state index contributed by atoms with van der Waals surface area (Å²) < 4.78 is 1.64. The van der Waals surface area contributed by atoms with Crippen molar-refractivity contribution >= 4 is 23.7 Å². The molecule has 1 aliphatic heterocycles. The van der Waals surface area contributed by atoms with E-state index in [1.165, 1.54) is 11.8 Å². The number of nitrogens with one attached hydrogen (secondary N) is 1. The Balaban J connectivity index is 2.11. The molecule has 8 heteroatoms. The first-order valence-electron chi connectivity index (χ1n) is 5.82. The Hall–Kier alpha value is -2.35. The molecule has 2 aromatic rings. The van der Waals surface area contributed by atoms with Crippen molar-refractivity contribution in [3.8, 4) is 0 Å². The third kappa shape index (κ3) is 2.14. The van der Waals surface area contributed by atoms with Gasteiger partial charge >= 0.3 is 5.97 Å². The summed E-state index contributed by atoms with van der Waals surface area (Å²) in [6, 6.07) is 5.11. The third-order valence-corrected chi connectivity index (χ3v) is 3.39. The normalized spacial score (nSPS) is 17.1. The van der Waals surface area contributed by atoms with Gasteiger partial charge in [0.1, 0.15) is 11.7 Å². The van der Waals surface area contributed by atoms with Crippen LogP contribution in [0.2, 0.25) is 0 Å². The first-order chi connectivity index (χ1) is 9.69. The first-order valence-corrected chi connectivity index (χ1v) is 7.05. The lowest BCUT2D eigenvalue weighted by Gasteiger charge is -2.21. The van der Waals surface area contributed by atoms with Gasteiger partial charge in [-0.3, -0.25) is 4.98 Å². The summed E-state index contributed by atoms with van der Waals surface area (Å²) in [4.78, 5) is 19.7. The fourth-order valence-electron chi connectivity index (χ4n) is 1.95. The fraction of sp³-hybridized carbons (Fsp3) is 0.167. The fourth-order valence-corrected chi connectivity index (χ4v) is 2.29. The number of aromatic nitrogens is 4. The molecule has 0 fully saturated rings. The van der Waals surface area contributed by atoms with E-state index in [2.05, 4.69) is 20.4 Å². The number of pyridine rings is 1. The zero-order chi connectivity index (χ0) is 14.1. The average Bonchev–Trinajstić information content (AvgIpc) is 2.90. The van der Waals surface area contributed by atoms with Crippen LogP contribution in [0.25, 0.3) is 0 Å². The molecule has 1 unspecified atom stereocenters. The maximum absolute atomic E-state index is 11.2. The van der Waals surface area contributed by atoms with Gasteiger partial charge in [-0.15, -0.1) is 5.10 Å². The second-order valence-electron chi connectivity index (χ2n) is 4.08. The average molecular weight is 289 g/mol. The van der Waals surface area contributed by atoms with Crippen LogP contribution in [-0.4, -0.2) is 37.1 Å². The van der Waals surface area contributed by atoms with Crippen molar-refractivity contribution in [3.05, 3.63) is 41.9 Å². The summed E-state index contributed by atoms with van der Waals surface area (Å²) in [5.41, 5.74) is 0.791. The van der Waals surface area contributed by atoms with Crippen LogP contribution in [0, 0.1) is 0 Å². The third-order valence-electron chi connectivity index (χ3n) is 2.85. The highest BCUT2D eigenvalue weighted by Crippen LogP contribution is 2.29. The molecule has 1 aliphatic rings. The van der Waals surface area contributed by atoms with Crippen molar-refractivity contribution in [2.24, 2.45) is 0 Å². The highest BCUT2D eigenvalue weighted by molar-refractivity contribution is 7.98. The van der Waals surface area contributed by atoms with Crippen LogP contribution in [0.15, 0.2) is 41.3 Å². The summed E-state index contributed by atoms with van der Waals surface area (Å²) in [6.07, 6.45) is 5.11. The molecule has 0 saturated carbocycles. The predicted octanol–water partition coefficient (Wildman–Crippen LogP) is 1.38. The number of fused-ring (bicyclic) bond motifs is 1. The van der Waals surface area contributed by atoms with Gasteiger partial charge in [-0.25, -0.2) is 9.48 Å². The minimum absolute atomic E-state index is 0.0770. The Morgan fingerprint density at radius 3 is 3.00 bits per heavy atom. The van der Waals surface area contributed by atoms with Crippen molar-refractivity contribution in [2.75, 3.05) is 11.6 Å². The van der Waals surface area contributed by atoms with Gasteiger partial charge < -0.3 is 10.4 Å². The molecule has 0 amide bonds. The van der Waals surface area contributed by atoms with Gasteiger partial charge in [0.15, 0.2) is 0 Å². The van der Waals surface area contributed by atoms with Crippen molar-refractivity contribution in [2.45, 2.75) is 11.2 Å². The van der Waals surface area contributed by atoms with E-state index in [4.69, 9.17) is 0 Å². The lowest BCUT2D eigenvalue weighted by atomic mass is 10.1. The first kappa shape index (κ1) is 12.7. The van der Waals surface area contributed by atoms with E-state index in [1.807, 2.05) is 24.5 Å². The topological polar surface area (TPSA) is 92.9 Å². The molecule has 0 aromatic carbocycles. The standard InChI is InChI=1S/C12H11N5O2S/c1-20-12-15-11-14-8(10(18)19)6-9(17(11)16-12)7-4-2-3-5-13-7/h2-6,9H,1H3,(H,18,19)(H,14,15,16). The van der Waals surface area contributed by atoms with Crippen molar-refractivity contribution < 1.29 is 9.90 Å². The predicted molar refractivity (Wildman–Crippen MR) is 73.5 cm³/mol. The summed E-state index contributed by atoms with van der Waals surface area (Å²) in [6.45, 7) is 0. The number of carbonyl (C=O) groups is 1.